The van der Waals surface area contributed by atoms with Gasteiger partial charge in [0, 0.05) is 0 Å². The van der Waals surface area contributed by atoms with Crippen LogP contribution < -0.4 is 0 Å². The average molecular weight is 204 g/mol. The molecule has 82 valence electrons. The van der Waals surface area contributed by atoms with Crippen LogP contribution in [0.2, 0.25) is 0 Å². The number of aldehydes is 1. The Labute approximate surface area is 92.9 Å². The summed E-state index contributed by atoms with van der Waals surface area (Å²) in [6.45, 7) is 2.12. The van der Waals surface area contributed by atoms with Crippen LogP contribution in [0.4, 0.5) is 0 Å². The molecular formula is C14H20O. The van der Waals surface area contributed by atoms with E-state index in [2.05, 4.69) is 31.2 Å². The van der Waals surface area contributed by atoms with E-state index in [1.807, 2.05) is 18.2 Å². The Kier molecular flexibility index (Phi) is 11.5. The summed E-state index contributed by atoms with van der Waals surface area (Å²) in [4.78, 5) is 9.95. The fourth-order valence-corrected chi connectivity index (χ4v) is 1.02. The molecule has 0 spiro atoms. The van der Waals surface area contributed by atoms with E-state index in [4.69, 9.17) is 0 Å². The molecular weight excluding hydrogens is 184 g/mol. The fourth-order valence-electron chi connectivity index (χ4n) is 1.02. The highest BCUT2D eigenvalue weighted by Crippen LogP contribution is 1.97. The highest BCUT2D eigenvalue weighted by molar-refractivity contribution is 5.64. The molecule has 15 heavy (non-hydrogen) atoms. The molecule has 0 aromatic rings. The molecule has 1 nitrogen and oxygen atoms in total. The molecule has 0 fully saturated rings. The molecule has 0 atom stereocenters. The Morgan fingerprint density at radius 3 is 2.00 bits per heavy atom. The second-order valence-corrected chi connectivity index (χ2v) is 3.14. The zero-order valence-electron chi connectivity index (χ0n) is 9.43. The minimum Gasteiger partial charge on any atom is -0.299 e. The quantitative estimate of drug-likeness (QED) is 0.253. The van der Waals surface area contributed by atoms with Crippen molar-refractivity contribution in [2.75, 3.05) is 0 Å². The van der Waals surface area contributed by atoms with Crippen LogP contribution in [0.3, 0.4) is 0 Å². The predicted octanol–water partition coefficient (Wildman–Crippen LogP) is 3.99. The first-order valence-electron chi connectivity index (χ1n) is 5.50. The molecule has 0 rings (SSSR count). The summed E-state index contributed by atoms with van der Waals surface area (Å²) in [7, 11) is 0. The van der Waals surface area contributed by atoms with E-state index in [1.165, 1.54) is 0 Å². The van der Waals surface area contributed by atoms with Gasteiger partial charge < -0.3 is 0 Å². The molecule has 0 heterocycles. The normalized spacial score (nSPS) is 12.6. The van der Waals surface area contributed by atoms with Gasteiger partial charge in [-0.3, -0.25) is 4.79 Å². The van der Waals surface area contributed by atoms with E-state index in [9.17, 15) is 4.79 Å². The van der Waals surface area contributed by atoms with E-state index in [0.29, 0.717) is 0 Å². The van der Waals surface area contributed by atoms with E-state index < -0.39 is 0 Å². The third kappa shape index (κ3) is 12.6. The highest BCUT2D eigenvalue weighted by atomic mass is 16.1. The van der Waals surface area contributed by atoms with Crippen molar-refractivity contribution in [3.8, 4) is 0 Å². The van der Waals surface area contributed by atoms with Crippen molar-refractivity contribution >= 4 is 6.29 Å². The van der Waals surface area contributed by atoms with Crippen LogP contribution >= 0.6 is 0 Å². The van der Waals surface area contributed by atoms with Crippen molar-refractivity contribution in [2.24, 2.45) is 0 Å². The van der Waals surface area contributed by atoms with Crippen LogP contribution in [0.1, 0.15) is 32.6 Å². The van der Waals surface area contributed by atoms with E-state index in [-0.39, 0.29) is 0 Å². The van der Waals surface area contributed by atoms with Crippen molar-refractivity contribution in [3.63, 3.8) is 0 Å². The first-order chi connectivity index (χ1) is 7.41. The molecule has 0 N–H and O–H groups in total. The molecule has 1 heteroatoms. The molecule has 0 aliphatic rings. The maximum Gasteiger partial charge on any atom is 0.142 e. The molecule has 0 aromatic carbocycles. The first kappa shape index (κ1) is 13.6. The smallest absolute Gasteiger partial charge is 0.142 e. The van der Waals surface area contributed by atoms with Crippen LogP contribution in [-0.4, -0.2) is 6.29 Å². The van der Waals surface area contributed by atoms with Gasteiger partial charge in [0.05, 0.1) is 0 Å². The third-order valence-corrected chi connectivity index (χ3v) is 1.80. The SMILES string of the molecule is CC/C=C/C=C/C=CCCC/C=C/C=O. The topological polar surface area (TPSA) is 17.1 Å². The lowest BCUT2D eigenvalue weighted by Crippen LogP contribution is -1.69. The van der Waals surface area contributed by atoms with Crippen LogP contribution in [0.25, 0.3) is 0 Å². The van der Waals surface area contributed by atoms with Crippen LogP contribution in [0.15, 0.2) is 48.6 Å². The molecule has 0 saturated heterocycles. The summed E-state index contributed by atoms with van der Waals surface area (Å²) < 4.78 is 0. The third-order valence-electron chi connectivity index (χ3n) is 1.80. The van der Waals surface area contributed by atoms with E-state index in [0.717, 1.165) is 32.0 Å². The highest BCUT2D eigenvalue weighted by Gasteiger charge is 1.78. The second-order valence-electron chi connectivity index (χ2n) is 3.14. The number of hydrogen-bond donors (Lipinski definition) is 0. The minimum atomic E-state index is 0.818. The summed E-state index contributed by atoms with van der Waals surface area (Å²) in [5, 5.41) is 0. The fraction of sp³-hybridized carbons (Fsp3) is 0.357. The van der Waals surface area contributed by atoms with Gasteiger partial charge in [-0.2, -0.15) is 0 Å². The van der Waals surface area contributed by atoms with Gasteiger partial charge in [0.15, 0.2) is 0 Å². The number of unbranched alkanes of at least 4 members (excludes halogenated alkanes) is 2. The Hall–Kier alpha value is -1.37. The van der Waals surface area contributed by atoms with Crippen LogP contribution in [0, 0.1) is 0 Å². The van der Waals surface area contributed by atoms with Gasteiger partial charge in [0.1, 0.15) is 6.29 Å². The molecule has 0 bridgehead atoms. The van der Waals surface area contributed by atoms with Crippen molar-refractivity contribution in [2.45, 2.75) is 32.6 Å². The van der Waals surface area contributed by atoms with E-state index in [1.54, 1.807) is 6.08 Å². The molecule has 0 aliphatic heterocycles. The van der Waals surface area contributed by atoms with Gasteiger partial charge in [-0.25, -0.2) is 0 Å². The summed E-state index contributed by atoms with van der Waals surface area (Å²) in [5.74, 6) is 0. The lowest BCUT2D eigenvalue weighted by molar-refractivity contribution is -0.104. The Balaban J connectivity index is 3.38. The maximum absolute atomic E-state index is 9.95. The van der Waals surface area contributed by atoms with Gasteiger partial charge in [-0.1, -0.05) is 49.5 Å². The Morgan fingerprint density at radius 1 is 0.800 bits per heavy atom. The number of rotatable bonds is 8. The molecule has 0 unspecified atom stereocenters. The summed E-state index contributed by atoms with van der Waals surface area (Å²) >= 11 is 0. The molecule has 0 radical (unpaired) electrons. The molecule has 0 aromatic heterocycles. The van der Waals surface area contributed by atoms with Crippen LogP contribution in [-0.2, 0) is 4.79 Å². The van der Waals surface area contributed by atoms with Crippen LogP contribution in [0.5, 0.6) is 0 Å². The molecule has 0 saturated carbocycles. The van der Waals surface area contributed by atoms with Gasteiger partial charge >= 0.3 is 0 Å². The number of carbonyl (C=O) groups excluding carboxylic acids is 1. The van der Waals surface area contributed by atoms with Crippen molar-refractivity contribution in [1.29, 1.82) is 0 Å². The van der Waals surface area contributed by atoms with Crippen molar-refractivity contribution in [3.05, 3.63) is 48.6 Å². The summed E-state index contributed by atoms with van der Waals surface area (Å²) in [6, 6.07) is 0. The second kappa shape index (κ2) is 12.6. The van der Waals surface area contributed by atoms with Gasteiger partial charge in [0.2, 0.25) is 0 Å². The standard InChI is InChI=1S/C14H20O/c1-2-3-4-5-6-7-8-9-10-11-12-13-14-15/h3-8,12-14H,2,9-11H2,1H3/b4-3+,6-5+,8-7?,13-12+. The van der Waals surface area contributed by atoms with Crippen molar-refractivity contribution < 1.29 is 4.79 Å². The summed E-state index contributed by atoms with van der Waals surface area (Å²) in [5.41, 5.74) is 0. The average Bonchev–Trinajstić information content (AvgIpc) is 2.26. The van der Waals surface area contributed by atoms with E-state index >= 15 is 0 Å². The van der Waals surface area contributed by atoms with Gasteiger partial charge in [-0.05, 0) is 31.8 Å². The maximum atomic E-state index is 9.95. The summed E-state index contributed by atoms with van der Waals surface area (Å²) in [6.07, 6.45) is 20.9. The molecule has 0 aliphatic carbocycles. The largest absolute Gasteiger partial charge is 0.299 e. The number of allylic oxidation sites excluding steroid dienone is 8. The zero-order chi connectivity index (χ0) is 11.2. The van der Waals surface area contributed by atoms with Crippen molar-refractivity contribution in [1.82, 2.24) is 0 Å². The number of carbonyl (C=O) groups is 1. The lowest BCUT2D eigenvalue weighted by Gasteiger charge is -1.87. The first-order valence-corrected chi connectivity index (χ1v) is 5.50. The minimum absolute atomic E-state index is 0.818. The monoisotopic (exact) mass is 204 g/mol. The zero-order valence-corrected chi connectivity index (χ0v) is 9.43. The molecule has 0 amide bonds. The van der Waals surface area contributed by atoms with Gasteiger partial charge in [-0.15, -0.1) is 0 Å². The Morgan fingerprint density at radius 2 is 1.40 bits per heavy atom. The van der Waals surface area contributed by atoms with Gasteiger partial charge in [0.25, 0.3) is 0 Å². The predicted molar refractivity (Wildman–Crippen MR) is 66.8 cm³/mol. The number of hydrogen-bond acceptors (Lipinski definition) is 1. The lowest BCUT2D eigenvalue weighted by atomic mass is 10.2. The Bertz CT molecular complexity index is 244.